The lowest BCUT2D eigenvalue weighted by atomic mass is 10.0. The summed E-state index contributed by atoms with van der Waals surface area (Å²) in [5.41, 5.74) is 1.80. The van der Waals surface area contributed by atoms with Crippen LogP contribution in [0.15, 0.2) is 47.4 Å². The Morgan fingerprint density at radius 3 is 2.59 bits per heavy atom. The molecule has 0 bridgehead atoms. The van der Waals surface area contributed by atoms with Crippen molar-refractivity contribution in [3.8, 4) is 11.1 Å². The van der Waals surface area contributed by atoms with Gasteiger partial charge in [0.15, 0.2) is 0 Å². The smallest absolute Gasteiger partial charge is 0.338 e. The van der Waals surface area contributed by atoms with E-state index in [1.54, 1.807) is 30.5 Å². The Labute approximate surface area is 97.9 Å². The molecule has 0 spiro atoms. The predicted molar refractivity (Wildman–Crippen MR) is 63.8 cm³/mol. The Hall–Kier alpha value is -2.36. The predicted octanol–water partition coefficient (Wildman–Crippen LogP) is 1.83. The average molecular weight is 229 g/mol. The third-order valence-electron chi connectivity index (χ3n) is 2.43. The average Bonchev–Trinajstić information content (AvgIpc) is 2.39. The van der Waals surface area contributed by atoms with Gasteiger partial charge in [0.05, 0.1) is 12.7 Å². The second kappa shape index (κ2) is 4.65. The number of esters is 1. The first kappa shape index (κ1) is 11.1. The molecule has 17 heavy (non-hydrogen) atoms. The van der Waals surface area contributed by atoms with Crippen LogP contribution in [0.4, 0.5) is 0 Å². The molecule has 0 saturated heterocycles. The van der Waals surface area contributed by atoms with Gasteiger partial charge in [0.2, 0.25) is 5.56 Å². The largest absolute Gasteiger partial charge is 0.465 e. The van der Waals surface area contributed by atoms with E-state index in [1.165, 1.54) is 13.2 Å². The van der Waals surface area contributed by atoms with Gasteiger partial charge in [0.1, 0.15) is 0 Å². The third-order valence-corrected chi connectivity index (χ3v) is 2.43. The van der Waals surface area contributed by atoms with Crippen molar-refractivity contribution in [3.63, 3.8) is 0 Å². The monoisotopic (exact) mass is 229 g/mol. The van der Waals surface area contributed by atoms with Gasteiger partial charge < -0.3 is 9.72 Å². The minimum atomic E-state index is -0.396. The number of aromatic amines is 1. The number of aromatic nitrogens is 1. The summed E-state index contributed by atoms with van der Waals surface area (Å²) in [5.74, 6) is -0.396. The Bertz CT molecular complexity index is 581. The molecule has 1 N–H and O–H groups in total. The Balaban J connectivity index is 2.55. The number of nitrogens with one attached hydrogen (secondary N) is 1. The molecule has 4 heteroatoms. The molecular weight excluding hydrogens is 218 g/mol. The van der Waals surface area contributed by atoms with Gasteiger partial charge in [-0.3, -0.25) is 4.79 Å². The van der Waals surface area contributed by atoms with Gasteiger partial charge >= 0.3 is 5.97 Å². The van der Waals surface area contributed by atoms with E-state index in [1.807, 2.05) is 6.07 Å². The van der Waals surface area contributed by atoms with Crippen LogP contribution in [0.2, 0.25) is 0 Å². The number of carbonyl (C=O) groups excluding carboxylic acids is 1. The number of pyridine rings is 1. The minimum absolute atomic E-state index is 0.177. The van der Waals surface area contributed by atoms with Crippen LogP contribution in [0.3, 0.4) is 0 Å². The molecule has 0 aliphatic carbocycles. The number of ether oxygens (including phenoxy) is 1. The highest BCUT2D eigenvalue weighted by Crippen LogP contribution is 2.22. The molecule has 0 aliphatic rings. The van der Waals surface area contributed by atoms with Crippen molar-refractivity contribution >= 4 is 5.97 Å². The normalized spacial score (nSPS) is 9.94. The maximum absolute atomic E-state index is 11.6. The van der Waals surface area contributed by atoms with Crippen molar-refractivity contribution in [2.75, 3.05) is 7.11 Å². The number of carbonyl (C=O) groups is 1. The van der Waals surface area contributed by atoms with Crippen LogP contribution in [-0.4, -0.2) is 18.1 Å². The fourth-order valence-corrected chi connectivity index (χ4v) is 1.60. The molecule has 1 heterocycles. The number of methoxy groups -OCH3 is 1. The van der Waals surface area contributed by atoms with Crippen LogP contribution < -0.4 is 5.56 Å². The Morgan fingerprint density at radius 2 is 1.94 bits per heavy atom. The first-order chi connectivity index (χ1) is 8.22. The fourth-order valence-electron chi connectivity index (χ4n) is 1.60. The lowest BCUT2D eigenvalue weighted by Crippen LogP contribution is -2.05. The molecule has 86 valence electrons. The van der Waals surface area contributed by atoms with Crippen molar-refractivity contribution in [1.29, 1.82) is 0 Å². The van der Waals surface area contributed by atoms with Crippen molar-refractivity contribution < 1.29 is 9.53 Å². The van der Waals surface area contributed by atoms with Crippen LogP contribution >= 0.6 is 0 Å². The zero-order valence-corrected chi connectivity index (χ0v) is 9.27. The van der Waals surface area contributed by atoms with E-state index >= 15 is 0 Å². The fraction of sp³-hybridized carbons (Fsp3) is 0.0769. The third kappa shape index (κ3) is 2.25. The molecule has 4 nitrogen and oxygen atoms in total. The summed E-state index contributed by atoms with van der Waals surface area (Å²) in [6.07, 6.45) is 1.57. The topological polar surface area (TPSA) is 59.2 Å². The summed E-state index contributed by atoms with van der Waals surface area (Å²) < 4.78 is 4.71. The molecule has 2 aromatic rings. The molecule has 1 aromatic heterocycles. The molecule has 0 fully saturated rings. The van der Waals surface area contributed by atoms with Gasteiger partial charge in [0.25, 0.3) is 0 Å². The van der Waals surface area contributed by atoms with Crippen LogP contribution in [0.25, 0.3) is 11.1 Å². The van der Waals surface area contributed by atoms with E-state index in [0.29, 0.717) is 5.56 Å². The first-order valence-corrected chi connectivity index (χ1v) is 5.09. The number of benzene rings is 1. The molecule has 0 atom stereocenters. The lowest BCUT2D eigenvalue weighted by Gasteiger charge is -2.07. The highest BCUT2D eigenvalue weighted by atomic mass is 16.5. The van der Waals surface area contributed by atoms with E-state index in [9.17, 15) is 9.59 Å². The van der Waals surface area contributed by atoms with Crippen LogP contribution in [0.5, 0.6) is 0 Å². The van der Waals surface area contributed by atoms with E-state index in [4.69, 9.17) is 4.74 Å². The number of hydrogen-bond donors (Lipinski definition) is 1. The Morgan fingerprint density at radius 1 is 1.18 bits per heavy atom. The van der Waals surface area contributed by atoms with Gasteiger partial charge in [-0.15, -0.1) is 0 Å². The van der Waals surface area contributed by atoms with E-state index in [-0.39, 0.29) is 5.56 Å². The SMILES string of the molecule is COC(=O)c1ccccc1-c1ccc(=O)[nH]c1. The molecule has 0 saturated carbocycles. The summed E-state index contributed by atoms with van der Waals surface area (Å²) in [7, 11) is 1.34. The van der Waals surface area contributed by atoms with Crippen LogP contribution in [0, 0.1) is 0 Å². The van der Waals surface area contributed by atoms with Crippen LogP contribution in [-0.2, 0) is 4.74 Å². The summed E-state index contributed by atoms with van der Waals surface area (Å²) in [5, 5.41) is 0. The van der Waals surface area contributed by atoms with Crippen molar-refractivity contribution in [3.05, 3.63) is 58.5 Å². The van der Waals surface area contributed by atoms with Gasteiger partial charge in [-0.1, -0.05) is 18.2 Å². The second-order valence-electron chi connectivity index (χ2n) is 3.48. The van der Waals surface area contributed by atoms with E-state index in [0.717, 1.165) is 11.1 Å². The van der Waals surface area contributed by atoms with Crippen molar-refractivity contribution in [1.82, 2.24) is 4.98 Å². The molecule has 2 rings (SSSR count). The van der Waals surface area contributed by atoms with Crippen molar-refractivity contribution in [2.45, 2.75) is 0 Å². The van der Waals surface area contributed by atoms with E-state index < -0.39 is 5.97 Å². The molecule has 0 radical (unpaired) electrons. The standard InChI is InChI=1S/C13H11NO3/c1-17-13(16)11-5-3-2-4-10(11)9-6-7-12(15)14-8-9/h2-8H,1H3,(H,14,15). The minimum Gasteiger partial charge on any atom is -0.465 e. The van der Waals surface area contributed by atoms with Gasteiger partial charge in [-0.2, -0.15) is 0 Å². The number of hydrogen-bond acceptors (Lipinski definition) is 3. The first-order valence-electron chi connectivity index (χ1n) is 5.09. The second-order valence-corrected chi connectivity index (χ2v) is 3.48. The van der Waals surface area contributed by atoms with Gasteiger partial charge in [-0.05, 0) is 23.3 Å². The summed E-state index contributed by atoms with van der Waals surface area (Å²) in [6.45, 7) is 0. The maximum atomic E-state index is 11.6. The lowest BCUT2D eigenvalue weighted by molar-refractivity contribution is 0.0601. The molecule has 0 aliphatic heterocycles. The number of H-pyrrole nitrogens is 1. The number of rotatable bonds is 2. The van der Waals surface area contributed by atoms with Crippen molar-refractivity contribution in [2.24, 2.45) is 0 Å². The van der Waals surface area contributed by atoms with Gasteiger partial charge in [0, 0.05) is 12.3 Å². The highest BCUT2D eigenvalue weighted by Gasteiger charge is 2.11. The molecule has 0 unspecified atom stereocenters. The quantitative estimate of drug-likeness (QED) is 0.799. The van der Waals surface area contributed by atoms with Crippen LogP contribution in [0.1, 0.15) is 10.4 Å². The molecule has 1 aromatic carbocycles. The summed E-state index contributed by atoms with van der Waals surface area (Å²) >= 11 is 0. The van der Waals surface area contributed by atoms with Gasteiger partial charge in [-0.25, -0.2) is 4.79 Å². The molecule has 0 amide bonds. The Kier molecular flexibility index (Phi) is 3.05. The highest BCUT2D eigenvalue weighted by molar-refractivity contribution is 5.97. The maximum Gasteiger partial charge on any atom is 0.338 e. The zero-order valence-electron chi connectivity index (χ0n) is 9.27. The zero-order chi connectivity index (χ0) is 12.3. The molecular formula is C13H11NO3. The summed E-state index contributed by atoms with van der Waals surface area (Å²) in [4.78, 5) is 25.1. The van der Waals surface area contributed by atoms with E-state index in [2.05, 4.69) is 4.98 Å². The summed E-state index contributed by atoms with van der Waals surface area (Å²) in [6, 6.07) is 10.2.